The van der Waals surface area contributed by atoms with Crippen LogP contribution in [0.4, 0.5) is 0 Å². The second-order valence-electron chi connectivity index (χ2n) is 4.37. The smallest absolute Gasteiger partial charge is 0.325 e. The average molecular weight is 253 g/mol. The average Bonchev–Trinajstić information content (AvgIpc) is 2.63. The molecule has 1 heterocycles. The Kier molecular flexibility index (Phi) is 5.85. The van der Waals surface area contributed by atoms with E-state index < -0.39 is 0 Å². The van der Waals surface area contributed by atoms with Crippen molar-refractivity contribution in [2.75, 3.05) is 13.2 Å². The predicted octanol–water partition coefficient (Wildman–Crippen LogP) is 1.43. The lowest BCUT2D eigenvalue weighted by Crippen LogP contribution is -2.42. The van der Waals surface area contributed by atoms with Crippen LogP contribution in [0.3, 0.4) is 0 Å². The number of aromatic nitrogens is 2. The number of carbonyl (C=O) groups is 1. The standard InChI is InChI=1S/C13H23N3O2/c1-5-7-14-12(13(17)18-6-2)9-16-11(4)8-10(3)15-16/h8,12,14H,5-7,9H2,1-4H3. The van der Waals surface area contributed by atoms with Crippen molar-refractivity contribution in [1.29, 1.82) is 0 Å². The summed E-state index contributed by atoms with van der Waals surface area (Å²) in [6, 6.07) is 1.67. The highest BCUT2D eigenvalue weighted by Crippen LogP contribution is 2.04. The Balaban J connectivity index is 2.71. The van der Waals surface area contributed by atoms with Gasteiger partial charge in [-0.15, -0.1) is 0 Å². The summed E-state index contributed by atoms with van der Waals surface area (Å²) in [4.78, 5) is 11.8. The lowest BCUT2D eigenvalue weighted by atomic mass is 10.2. The van der Waals surface area contributed by atoms with Gasteiger partial charge in [0.15, 0.2) is 0 Å². The first kappa shape index (κ1) is 14.7. The molecule has 0 fully saturated rings. The van der Waals surface area contributed by atoms with Crippen molar-refractivity contribution < 1.29 is 9.53 Å². The molecule has 5 heteroatoms. The van der Waals surface area contributed by atoms with Crippen LogP contribution in [-0.2, 0) is 16.1 Å². The van der Waals surface area contributed by atoms with Gasteiger partial charge in [0.05, 0.1) is 18.8 Å². The van der Waals surface area contributed by atoms with E-state index in [1.54, 1.807) is 0 Å². The number of hydrogen-bond donors (Lipinski definition) is 1. The number of hydrogen-bond acceptors (Lipinski definition) is 4. The van der Waals surface area contributed by atoms with Crippen LogP contribution in [0.25, 0.3) is 0 Å². The van der Waals surface area contributed by atoms with E-state index in [0.717, 1.165) is 24.4 Å². The lowest BCUT2D eigenvalue weighted by Gasteiger charge is -2.17. The molecule has 0 aliphatic carbocycles. The van der Waals surface area contributed by atoms with E-state index in [1.165, 1.54) is 0 Å². The van der Waals surface area contributed by atoms with E-state index in [0.29, 0.717) is 13.2 Å². The molecule has 1 aromatic heterocycles. The third-order valence-electron chi connectivity index (χ3n) is 2.67. The zero-order chi connectivity index (χ0) is 13.5. The van der Waals surface area contributed by atoms with Crippen LogP contribution in [0, 0.1) is 13.8 Å². The number of esters is 1. The maximum absolute atomic E-state index is 11.8. The number of nitrogens with one attached hydrogen (secondary N) is 1. The maximum Gasteiger partial charge on any atom is 0.325 e. The van der Waals surface area contributed by atoms with Gasteiger partial charge in [-0.25, -0.2) is 0 Å². The van der Waals surface area contributed by atoms with E-state index in [2.05, 4.69) is 17.3 Å². The Hall–Kier alpha value is -1.36. The first-order valence-corrected chi connectivity index (χ1v) is 6.49. The fourth-order valence-electron chi connectivity index (χ4n) is 1.82. The molecule has 0 aliphatic heterocycles. The molecule has 0 amide bonds. The topological polar surface area (TPSA) is 56.2 Å². The Bertz CT molecular complexity index is 388. The minimum absolute atomic E-state index is 0.210. The molecule has 1 N–H and O–H groups in total. The first-order valence-electron chi connectivity index (χ1n) is 6.49. The third kappa shape index (κ3) is 4.14. The molecular formula is C13H23N3O2. The number of rotatable bonds is 7. The molecule has 1 unspecified atom stereocenters. The van der Waals surface area contributed by atoms with Crippen molar-refractivity contribution in [2.45, 2.75) is 46.7 Å². The van der Waals surface area contributed by atoms with Crippen molar-refractivity contribution in [3.63, 3.8) is 0 Å². The third-order valence-corrected chi connectivity index (χ3v) is 2.67. The van der Waals surface area contributed by atoms with Gasteiger partial charge in [-0.1, -0.05) is 6.92 Å². The normalized spacial score (nSPS) is 12.4. The molecule has 0 saturated heterocycles. The Morgan fingerprint density at radius 2 is 2.22 bits per heavy atom. The summed E-state index contributed by atoms with van der Waals surface area (Å²) in [5.74, 6) is -0.210. The largest absolute Gasteiger partial charge is 0.465 e. The molecule has 1 aromatic rings. The van der Waals surface area contributed by atoms with Crippen LogP contribution >= 0.6 is 0 Å². The summed E-state index contributed by atoms with van der Waals surface area (Å²) < 4.78 is 6.92. The number of aryl methyl sites for hydroxylation is 2. The van der Waals surface area contributed by atoms with Crippen LogP contribution in [0.1, 0.15) is 31.7 Å². The van der Waals surface area contributed by atoms with E-state index in [1.807, 2.05) is 31.5 Å². The van der Waals surface area contributed by atoms with Crippen LogP contribution in [0.2, 0.25) is 0 Å². The van der Waals surface area contributed by atoms with Gasteiger partial charge in [-0.3, -0.25) is 9.48 Å². The highest BCUT2D eigenvalue weighted by atomic mass is 16.5. The van der Waals surface area contributed by atoms with Gasteiger partial charge in [0, 0.05) is 5.69 Å². The molecule has 18 heavy (non-hydrogen) atoms. The molecule has 1 atom stereocenters. The second kappa shape index (κ2) is 7.16. The molecule has 1 rings (SSSR count). The van der Waals surface area contributed by atoms with Crippen molar-refractivity contribution in [3.05, 3.63) is 17.5 Å². The summed E-state index contributed by atoms with van der Waals surface area (Å²) in [5.41, 5.74) is 2.02. The predicted molar refractivity (Wildman–Crippen MR) is 70.4 cm³/mol. The van der Waals surface area contributed by atoms with E-state index in [-0.39, 0.29) is 12.0 Å². The van der Waals surface area contributed by atoms with Gasteiger partial charge < -0.3 is 10.1 Å². The fraction of sp³-hybridized carbons (Fsp3) is 0.692. The van der Waals surface area contributed by atoms with Gasteiger partial charge in [0.2, 0.25) is 0 Å². The van der Waals surface area contributed by atoms with E-state index in [9.17, 15) is 4.79 Å². The molecule has 5 nitrogen and oxygen atoms in total. The highest BCUT2D eigenvalue weighted by molar-refractivity contribution is 5.75. The SMILES string of the molecule is CCCNC(Cn1nc(C)cc1C)C(=O)OCC. The first-order chi connectivity index (χ1) is 8.58. The maximum atomic E-state index is 11.8. The summed E-state index contributed by atoms with van der Waals surface area (Å²) in [6.07, 6.45) is 0.979. The quantitative estimate of drug-likeness (QED) is 0.747. The van der Waals surface area contributed by atoms with Crippen LogP contribution in [0.5, 0.6) is 0 Å². The number of nitrogens with zero attached hydrogens (tertiary/aromatic N) is 2. The zero-order valence-electron chi connectivity index (χ0n) is 11.7. The molecular weight excluding hydrogens is 230 g/mol. The molecule has 0 aromatic carbocycles. The monoisotopic (exact) mass is 253 g/mol. The van der Waals surface area contributed by atoms with Crippen LogP contribution in [0.15, 0.2) is 6.07 Å². The number of ether oxygens (including phenoxy) is 1. The van der Waals surface area contributed by atoms with Crippen LogP contribution < -0.4 is 5.32 Å². The minimum atomic E-state index is -0.331. The molecule has 0 radical (unpaired) electrons. The molecule has 0 bridgehead atoms. The molecule has 0 aliphatic rings. The zero-order valence-corrected chi connectivity index (χ0v) is 11.7. The Morgan fingerprint density at radius 1 is 1.50 bits per heavy atom. The van der Waals surface area contributed by atoms with Crippen molar-refractivity contribution in [3.8, 4) is 0 Å². The van der Waals surface area contributed by atoms with Gasteiger partial charge in [-0.2, -0.15) is 5.10 Å². The summed E-state index contributed by atoms with van der Waals surface area (Å²) in [7, 11) is 0. The molecule has 0 saturated carbocycles. The lowest BCUT2D eigenvalue weighted by molar-refractivity contribution is -0.146. The Labute approximate surface area is 109 Å². The highest BCUT2D eigenvalue weighted by Gasteiger charge is 2.20. The van der Waals surface area contributed by atoms with Crippen molar-refractivity contribution >= 4 is 5.97 Å². The van der Waals surface area contributed by atoms with Gasteiger partial charge >= 0.3 is 5.97 Å². The van der Waals surface area contributed by atoms with Crippen molar-refractivity contribution in [1.82, 2.24) is 15.1 Å². The van der Waals surface area contributed by atoms with E-state index in [4.69, 9.17) is 4.74 Å². The van der Waals surface area contributed by atoms with Crippen molar-refractivity contribution in [2.24, 2.45) is 0 Å². The summed E-state index contributed by atoms with van der Waals surface area (Å²) in [6.45, 7) is 9.53. The van der Waals surface area contributed by atoms with Gasteiger partial charge in [-0.05, 0) is 39.8 Å². The Morgan fingerprint density at radius 3 is 2.72 bits per heavy atom. The number of carbonyl (C=O) groups excluding carboxylic acids is 1. The van der Waals surface area contributed by atoms with Gasteiger partial charge in [0.1, 0.15) is 6.04 Å². The van der Waals surface area contributed by atoms with E-state index >= 15 is 0 Å². The van der Waals surface area contributed by atoms with Crippen LogP contribution in [-0.4, -0.2) is 34.9 Å². The van der Waals surface area contributed by atoms with Gasteiger partial charge in [0.25, 0.3) is 0 Å². The second-order valence-corrected chi connectivity index (χ2v) is 4.37. The fourth-order valence-corrected chi connectivity index (χ4v) is 1.82. The minimum Gasteiger partial charge on any atom is -0.465 e. The summed E-state index contributed by atoms with van der Waals surface area (Å²) >= 11 is 0. The molecule has 0 spiro atoms. The summed E-state index contributed by atoms with van der Waals surface area (Å²) in [5, 5.41) is 7.57. The molecule has 102 valence electrons.